The molecule has 0 radical (unpaired) electrons. The van der Waals surface area contributed by atoms with E-state index < -0.39 is 11.9 Å². The Hall–Kier alpha value is -3.96. The summed E-state index contributed by atoms with van der Waals surface area (Å²) < 4.78 is 0. The van der Waals surface area contributed by atoms with Gasteiger partial charge in [0.05, 0.1) is 18.2 Å². The summed E-state index contributed by atoms with van der Waals surface area (Å²) in [6.07, 6.45) is 7.41. The molecule has 0 bridgehead atoms. The average Bonchev–Trinajstić information content (AvgIpc) is 3.51. The first-order valence-electron chi connectivity index (χ1n) is 10.9. The monoisotopic (exact) mass is 468 g/mol. The van der Waals surface area contributed by atoms with E-state index in [1.54, 1.807) is 17.2 Å². The van der Waals surface area contributed by atoms with Gasteiger partial charge < -0.3 is 25.3 Å². The number of carboxylic acids is 2. The van der Waals surface area contributed by atoms with Crippen LogP contribution >= 0.6 is 0 Å². The molecule has 2 heterocycles. The third kappa shape index (κ3) is 7.87. The number of carbonyl (C=O) groups excluding carboxylic acids is 1. The van der Waals surface area contributed by atoms with Crippen LogP contribution in [0.15, 0.2) is 30.5 Å². The summed E-state index contributed by atoms with van der Waals surface area (Å²) in [5, 5.41) is 37.0. The van der Waals surface area contributed by atoms with E-state index in [-0.39, 0.29) is 11.9 Å². The number of hydrogen-bond acceptors (Lipinski definition) is 8. The molecule has 180 valence electrons. The number of anilines is 1. The van der Waals surface area contributed by atoms with Crippen LogP contribution in [0.25, 0.3) is 0 Å². The second-order valence-corrected chi connectivity index (χ2v) is 8.06. The number of aliphatic carboxylic acids is 2. The largest absolute Gasteiger partial charge is 0.478 e. The van der Waals surface area contributed by atoms with Crippen molar-refractivity contribution < 1.29 is 24.6 Å². The first kappa shape index (κ1) is 26.3. The quantitative estimate of drug-likeness (QED) is 0.493. The Labute approximate surface area is 197 Å². The molecule has 1 saturated heterocycles. The Kier molecular flexibility index (Phi) is 9.99. The fourth-order valence-corrected chi connectivity index (χ4v) is 4.02. The van der Waals surface area contributed by atoms with Gasteiger partial charge >= 0.3 is 11.9 Å². The Morgan fingerprint density at radius 3 is 2.47 bits per heavy atom. The maximum absolute atomic E-state index is 12.3. The highest BCUT2D eigenvalue weighted by molar-refractivity contribution is 5.89. The molecule has 2 unspecified atom stereocenters. The fraction of sp³-hybridized carbons (Fsp3) is 0.478. The van der Waals surface area contributed by atoms with Crippen molar-refractivity contribution in [2.75, 3.05) is 25.0 Å². The summed E-state index contributed by atoms with van der Waals surface area (Å²) in [4.78, 5) is 39.6. The normalized spacial score (nSPS) is 21.3. The first-order valence-corrected chi connectivity index (χ1v) is 10.9. The number of nitrogens with one attached hydrogen (secondary N) is 1. The minimum absolute atomic E-state index is 0.0274. The molecule has 2 fully saturated rings. The van der Waals surface area contributed by atoms with Crippen molar-refractivity contribution >= 4 is 23.7 Å². The summed E-state index contributed by atoms with van der Waals surface area (Å²) in [7, 11) is 2.02. The zero-order valence-electron chi connectivity index (χ0n) is 18.9. The smallest absolute Gasteiger partial charge is 0.328 e. The van der Waals surface area contributed by atoms with E-state index in [1.807, 2.05) is 13.1 Å². The summed E-state index contributed by atoms with van der Waals surface area (Å²) in [6.45, 7) is 0.994. The lowest BCUT2D eigenvalue weighted by atomic mass is 10.2. The number of carbonyl (C=O) groups is 3. The van der Waals surface area contributed by atoms with E-state index >= 15 is 0 Å². The Balaban J connectivity index is 0.000000440. The number of aromatic nitrogens is 1. The van der Waals surface area contributed by atoms with Gasteiger partial charge in [0.2, 0.25) is 5.91 Å². The molecule has 3 N–H and O–H groups in total. The highest BCUT2D eigenvalue weighted by Gasteiger charge is 2.31. The molecule has 1 aromatic rings. The Morgan fingerprint density at radius 1 is 1.21 bits per heavy atom. The number of likely N-dealkylation sites (tertiary alicyclic amines) is 1. The second kappa shape index (κ2) is 12.9. The highest BCUT2D eigenvalue weighted by atomic mass is 16.4. The number of amides is 1. The predicted molar refractivity (Wildman–Crippen MR) is 122 cm³/mol. The van der Waals surface area contributed by atoms with Gasteiger partial charge in [0.25, 0.3) is 0 Å². The maximum Gasteiger partial charge on any atom is 0.328 e. The van der Waals surface area contributed by atoms with Gasteiger partial charge in [-0.1, -0.05) is 0 Å². The van der Waals surface area contributed by atoms with E-state index in [0.717, 1.165) is 37.9 Å². The van der Waals surface area contributed by atoms with Crippen LogP contribution < -0.4 is 10.2 Å². The number of nitrogens with zero attached hydrogens (tertiary/aromatic N) is 5. The predicted octanol–water partition coefficient (Wildman–Crippen LogP) is 1.13. The van der Waals surface area contributed by atoms with Crippen LogP contribution in [-0.4, -0.2) is 76.2 Å². The summed E-state index contributed by atoms with van der Waals surface area (Å²) in [5.41, 5.74) is 0.559. The Bertz CT molecular complexity index is 965. The summed E-state index contributed by atoms with van der Waals surface area (Å²) in [5.74, 6) is -1.63. The number of carboxylic acid groups (broad SMARTS) is 2. The van der Waals surface area contributed by atoms with E-state index in [1.165, 1.54) is 0 Å². The van der Waals surface area contributed by atoms with Crippen molar-refractivity contribution in [3.05, 3.63) is 36.0 Å². The number of rotatable bonds is 7. The summed E-state index contributed by atoms with van der Waals surface area (Å²) in [6, 6.07) is 8.36. The first-order chi connectivity index (χ1) is 16.2. The van der Waals surface area contributed by atoms with Gasteiger partial charge in [-0.3, -0.25) is 4.79 Å². The van der Waals surface area contributed by atoms with Crippen LogP contribution in [0.2, 0.25) is 0 Å². The lowest BCUT2D eigenvalue weighted by molar-refractivity contribution is -0.134. The van der Waals surface area contributed by atoms with Crippen LogP contribution in [0.5, 0.6) is 0 Å². The molecule has 1 saturated carbocycles. The molecular weight excluding hydrogens is 440 g/mol. The highest BCUT2D eigenvalue weighted by Crippen LogP contribution is 2.26. The minimum Gasteiger partial charge on any atom is -0.478 e. The zero-order chi connectivity index (χ0) is 25.1. The van der Waals surface area contributed by atoms with Crippen molar-refractivity contribution in [2.45, 2.75) is 50.2 Å². The number of pyridine rings is 1. The lowest BCUT2D eigenvalue weighted by Crippen LogP contribution is -2.43. The SMILES string of the molecule is CN(c1ccc(C#N)cn1)C1CCC(NCC(=O)N2CCC[C@H]2C#N)C1.O=C(O)/C=C/C(=O)O. The second-order valence-electron chi connectivity index (χ2n) is 8.06. The van der Waals surface area contributed by atoms with Crippen molar-refractivity contribution in [3.8, 4) is 12.1 Å². The van der Waals surface area contributed by atoms with Gasteiger partial charge in [-0.15, -0.1) is 0 Å². The minimum atomic E-state index is -1.26. The van der Waals surface area contributed by atoms with Gasteiger partial charge in [0, 0.05) is 44.0 Å². The standard InChI is InChI=1S/C19H24N6O.C4H4O4/c1-24(18-7-4-14(10-20)12-23-18)16-6-5-15(9-16)22-13-19(26)25-8-2-3-17(25)11-21;5-3(6)1-2-4(7)8/h4,7,12,15-17,22H,2-3,5-6,8-9,13H2,1H3;1-2H,(H,5,6)(H,7,8)/b;2-1+/t15?,16?,17-;/m0./s1. The third-order valence-corrected chi connectivity index (χ3v) is 5.82. The van der Waals surface area contributed by atoms with Gasteiger partial charge in [-0.25, -0.2) is 14.6 Å². The summed E-state index contributed by atoms with van der Waals surface area (Å²) >= 11 is 0. The van der Waals surface area contributed by atoms with Crippen LogP contribution in [0.1, 0.15) is 37.7 Å². The van der Waals surface area contributed by atoms with Gasteiger partial charge in [-0.05, 0) is 44.2 Å². The molecule has 3 rings (SSSR count). The van der Waals surface area contributed by atoms with E-state index in [2.05, 4.69) is 27.3 Å². The average molecular weight is 469 g/mol. The Morgan fingerprint density at radius 2 is 1.91 bits per heavy atom. The topological polar surface area (TPSA) is 171 Å². The molecule has 34 heavy (non-hydrogen) atoms. The molecule has 1 aromatic heterocycles. The maximum atomic E-state index is 12.3. The molecule has 11 nitrogen and oxygen atoms in total. The zero-order valence-corrected chi connectivity index (χ0v) is 18.9. The number of hydrogen-bond donors (Lipinski definition) is 3. The van der Waals surface area contributed by atoms with Crippen molar-refractivity contribution in [1.82, 2.24) is 15.2 Å². The van der Waals surface area contributed by atoms with Gasteiger partial charge in [-0.2, -0.15) is 10.5 Å². The molecule has 1 aliphatic carbocycles. The molecule has 3 atom stereocenters. The van der Waals surface area contributed by atoms with Crippen molar-refractivity contribution in [1.29, 1.82) is 10.5 Å². The third-order valence-electron chi connectivity index (χ3n) is 5.82. The lowest BCUT2D eigenvalue weighted by Gasteiger charge is -2.26. The molecule has 11 heteroatoms. The molecule has 0 aromatic carbocycles. The molecule has 0 spiro atoms. The van der Waals surface area contributed by atoms with E-state index in [4.69, 9.17) is 20.7 Å². The van der Waals surface area contributed by atoms with Crippen molar-refractivity contribution in [3.63, 3.8) is 0 Å². The van der Waals surface area contributed by atoms with E-state index in [0.29, 0.717) is 42.9 Å². The van der Waals surface area contributed by atoms with Crippen molar-refractivity contribution in [2.24, 2.45) is 0 Å². The van der Waals surface area contributed by atoms with Crippen LogP contribution in [0.3, 0.4) is 0 Å². The fourth-order valence-electron chi connectivity index (χ4n) is 4.02. The van der Waals surface area contributed by atoms with Crippen LogP contribution in [0.4, 0.5) is 5.82 Å². The van der Waals surface area contributed by atoms with E-state index in [9.17, 15) is 14.4 Å². The molecular formula is C23H28N6O5. The number of nitriles is 2. The molecule has 2 aliphatic rings. The van der Waals surface area contributed by atoms with Gasteiger partial charge in [0.1, 0.15) is 17.9 Å². The molecule has 1 amide bonds. The molecule has 1 aliphatic heterocycles. The van der Waals surface area contributed by atoms with Crippen LogP contribution in [0, 0.1) is 22.7 Å². The van der Waals surface area contributed by atoms with Crippen LogP contribution in [-0.2, 0) is 14.4 Å². The van der Waals surface area contributed by atoms with Gasteiger partial charge in [0.15, 0.2) is 0 Å².